The standard InChI is InChI=1S/C26H29N5O8S/c1-5-39-19(32)13-29-25(34)22(15-12-14(36-2)10-11-17(15)37-3)31(16-8-6-7-9-18(16)38-4)26(35)23-20(27)21(24(28)33)30-40-23/h6-12,22H,5,13,27H2,1-4H3,(H2,28,33)(H,29,34)/t22-/m0/s1. The van der Waals surface area contributed by atoms with Crippen LogP contribution < -0.4 is 35.9 Å². The van der Waals surface area contributed by atoms with Gasteiger partial charge >= 0.3 is 5.97 Å². The number of para-hydroxylation sites is 2. The molecule has 14 heteroatoms. The second kappa shape index (κ2) is 13.3. The molecular weight excluding hydrogens is 542 g/mol. The summed E-state index contributed by atoms with van der Waals surface area (Å²) >= 11 is 0.646. The molecule has 40 heavy (non-hydrogen) atoms. The first-order valence-corrected chi connectivity index (χ1v) is 12.6. The van der Waals surface area contributed by atoms with E-state index in [1.54, 1.807) is 43.3 Å². The molecule has 2 aromatic carbocycles. The predicted octanol–water partition coefficient (Wildman–Crippen LogP) is 1.92. The van der Waals surface area contributed by atoms with E-state index in [0.29, 0.717) is 17.3 Å². The molecule has 1 heterocycles. The lowest BCUT2D eigenvalue weighted by molar-refractivity contribution is -0.143. The third-order valence-corrected chi connectivity index (χ3v) is 6.52. The van der Waals surface area contributed by atoms with Crippen LogP contribution in [0.1, 0.15) is 38.7 Å². The highest BCUT2D eigenvalue weighted by Gasteiger charge is 2.39. The Kier molecular flexibility index (Phi) is 9.86. The normalized spacial score (nSPS) is 11.2. The van der Waals surface area contributed by atoms with E-state index in [2.05, 4.69) is 9.69 Å². The van der Waals surface area contributed by atoms with E-state index in [4.69, 9.17) is 30.4 Å². The van der Waals surface area contributed by atoms with Crippen molar-refractivity contribution in [2.24, 2.45) is 5.73 Å². The van der Waals surface area contributed by atoms with E-state index in [-0.39, 0.29) is 45.6 Å². The summed E-state index contributed by atoms with van der Waals surface area (Å²) < 4.78 is 25.3. The average Bonchev–Trinajstić information content (AvgIpc) is 3.35. The van der Waals surface area contributed by atoms with Gasteiger partial charge in [0.15, 0.2) is 5.69 Å². The highest BCUT2D eigenvalue weighted by molar-refractivity contribution is 7.09. The molecule has 0 bridgehead atoms. The van der Waals surface area contributed by atoms with Crippen LogP contribution in [0.3, 0.4) is 0 Å². The zero-order chi connectivity index (χ0) is 29.4. The van der Waals surface area contributed by atoms with Gasteiger partial charge in [0, 0.05) is 5.56 Å². The van der Waals surface area contributed by atoms with Crippen molar-refractivity contribution in [1.29, 1.82) is 0 Å². The van der Waals surface area contributed by atoms with Crippen LogP contribution in [-0.4, -0.2) is 62.5 Å². The zero-order valence-corrected chi connectivity index (χ0v) is 23.1. The Morgan fingerprint density at radius 1 is 1.02 bits per heavy atom. The third-order valence-electron chi connectivity index (χ3n) is 5.67. The fraction of sp³-hybridized carbons (Fsp3) is 0.269. The number of carbonyl (C=O) groups excluding carboxylic acids is 4. The molecule has 5 N–H and O–H groups in total. The third kappa shape index (κ3) is 6.23. The number of amides is 3. The molecule has 1 aromatic heterocycles. The average molecular weight is 572 g/mol. The van der Waals surface area contributed by atoms with Crippen LogP contribution in [0.5, 0.6) is 17.2 Å². The fourth-order valence-electron chi connectivity index (χ4n) is 3.85. The highest BCUT2D eigenvalue weighted by Crippen LogP contribution is 2.41. The molecule has 1 atom stereocenters. The van der Waals surface area contributed by atoms with Crippen molar-refractivity contribution in [2.75, 3.05) is 45.1 Å². The van der Waals surface area contributed by atoms with Gasteiger partial charge in [-0.25, -0.2) is 0 Å². The number of benzene rings is 2. The molecule has 212 valence electrons. The largest absolute Gasteiger partial charge is 0.497 e. The Bertz CT molecular complexity index is 1410. The van der Waals surface area contributed by atoms with Crippen molar-refractivity contribution in [2.45, 2.75) is 13.0 Å². The van der Waals surface area contributed by atoms with Crippen molar-refractivity contribution in [3.05, 3.63) is 58.6 Å². The van der Waals surface area contributed by atoms with Gasteiger partial charge in [-0.3, -0.25) is 24.1 Å². The molecule has 0 aliphatic heterocycles. The van der Waals surface area contributed by atoms with Gasteiger partial charge in [0.1, 0.15) is 34.7 Å². The smallest absolute Gasteiger partial charge is 0.325 e. The first-order chi connectivity index (χ1) is 19.2. The van der Waals surface area contributed by atoms with E-state index in [9.17, 15) is 19.2 Å². The Hall–Kier alpha value is -4.85. The minimum absolute atomic E-state index is 0.112. The summed E-state index contributed by atoms with van der Waals surface area (Å²) in [7, 11) is 4.23. The van der Waals surface area contributed by atoms with Crippen molar-refractivity contribution < 1.29 is 38.1 Å². The van der Waals surface area contributed by atoms with Crippen LogP contribution in [0, 0.1) is 0 Å². The van der Waals surface area contributed by atoms with Crippen molar-refractivity contribution >= 4 is 46.6 Å². The molecule has 0 saturated heterocycles. The van der Waals surface area contributed by atoms with Gasteiger partial charge in [-0.2, -0.15) is 4.37 Å². The summed E-state index contributed by atoms with van der Waals surface area (Å²) in [6.45, 7) is 1.27. The van der Waals surface area contributed by atoms with E-state index >= 15 is 0 Å². The SMILES string of the molecule is CCOC(=O)CNC(=O)[C@H](c1cc(OC)ccc1OC)N(C(=O)c1snc(C(N)=O)c1N)c1ccccc1OC. The number of aromatic nitrogens is 1. The number of esters is 1. The zero-order valence-electron chi connectivity index (χ0n) is 22.3. The van der Waals surface area contributed by atoms with Gasteiger partial charge < -0.3 is 35.7 Å². The Morgan fingerprint density at radius 3 is 2.33 bits per heavy atom. The number of nitrogens with zero attached hydrogens (tertiary/aromatic N) is 2. The summed E-state index contributed by atoms with van der Waals surface area (Å²) in [6.07, 6.45) is 0. The van der Waals surface area contributed by atoms with Crippen molar-refractivity contribution in [3.63, 3.8) is 0 Å². The predicted molar refractivity (Wildman–Crippen MR) is 147 cm³/mol. The van der Waals surface area contributed by atoms with Gasteiger partial charge in [0.2, 0.25) is 5.91 Å². The number of ether oxygens (including phenoxy) is 4. The summed E-state index contributed by atoms with van der Waals surface area (Å²) in [5.41, 5.74) is 11.3. The van der Waals surface area contributed by atoms with Crippen LogP contribution in [0.15, 0.2) is 42.5 Å². The summed E-state index contributed by atoms with van der Waals surface area (Å²) in [6, 6.07) is 9.70. The number of hydrogen-bond acceptors (Lipinski definition) is 11. The van der Waals surface area contributed by atoms with Gasteiger partial charge in [0.25, 0.3) is 11.8 Å². The lowest BCUT2D eigenvalue weighted by Gasteiger charge is -2.32. The lowest BCUT2D eigenvalue weighted by atomic mass is 10.0. The van der Waals surface area contributed by atoms with E-state index < -0.39 is 36.3 Å². The van der Waals surface area contributed by atoms with Crippen molar-refractivity contribution in [3.8, 4) is 17.2 Å². The monoisotopic (exact) mass is 571 g/mol. The molecule has 3 amide bonds. The number of hydrogen-bond donors (Lipinski definition) is 3. The lowest BCUT2D eigenvalue weighted by Crippen LogP contribution is -2.45. The number of rotatable bonds is 12. The molecule has 0 fully saturated rings. The fourth-order valence-corrected chi connectivity index (χ4v) is 4.59. The molecule has 0 saturated carbocycles. The maximum absolute atomic E-state index is 14.2. The van der Waals surface area contributed by atoms with E-state index in [0.717, 1.165) is 4.90 Å². The highest BCUT2D eigenvalue weighted by atomic mass is 32.1. The molecule has 0 aliphatic rings. The van der Waals surface area contributed by atoms with Crippen LogP contribution in [-0.2, 0) is 14.3 Å². The number of methoxy groups -OCH3 is 3. The second-order valence-electron chi connectivity index (χ2n) is 8.02. The topological polar surface area (TPSA) is 185 Å². The maximum Gasteiger partial charge on any atom is 0.325 e. The number of nitrogens with two attached hydrogens (primary N) is 2. The van der Waals surface area contributed by atoms with Crippen LogP contribution >= 0.6 is 11.5 Å². The number of carbonyl (C=O) groups is 4. The summed E-state index contributed by atoms with van der Waals surface area (Å²) in [5.74, 6) is -2.33. The number of anilines is 2. The summed E-state index contributed by atoms with van der Waals surface area (Å²) in [5, 5.41) is 2.52. The Balaban J connectivity index is 2.31. The molecular formula is C26H29N5O8S. The second-order valence-corrected chi connectivity index (χ2v) is 8.79. The van der Waals surface area contributed by atoms with Gasteiger partial charge in [0.05, 0.1) is 39.3 Å². The molecule has 13 nitrogen and oxygen atoms in total. The Labute approximate surface area is 234 Å². The molecule has 0 radical (unpaired) electrons. The minimum Gasteiger partial charge on any atom is -0.497 e. The molecule has 0 unspecified atom stereocenters. The van der Waals surface area contributed by atoms with E-state index in [1.807, 2.05) is 0 Å². The first-order valence-electron chi connectivity index (χ1n) is 11.8. The quantitative estimate of drug-likeness (QED) is 0.271. The van der Waals surface area contributed by atoms with Gasteiger partial charge in [-0.05, 0) is 48.8 Å². The Morgan fingerprint density at radius 2 is 1.73 bits per heavy atom. The van der Waals surface area contributed by atoms with E-state index in [1.165, 1.54) is 27.4 Å². The van der Waals surface area contributed by atoms with Crippen molar-refractivity contribution in [1.82, 2.24) is 9.69 Å². The molecule has 3 aromatic rings. The number of nitrogens with one attached hydrogen (secondary N) is 1. The minimum atomic E-state index is -1.47. The molecule has 3 rings (SSSR count). The van der Waals surface area contributed by atoms with Crippen LogP contribution in [0.2, 0.25) is 0 Å². The summed E-state index contributed by atoms with van der Waals surface area (Å²) in [4.78, 5) is 53.0. The van der Waals surface area contributed by atoms with Crippen LogP contribution in [0.4, 0.5) is 11.4 Å². The number of primary amides is 1. The maximum atomic E-state index is 14.2. The van der Waals surface area contributed by atoms with Gasteiger partial charge in [-0.15, -0.1) is 0 Å². The van der Waals surface area contributed by atoms with Gasteiger partial charge in [-0.1, -0.05) is 12.1 Å². The first kappa shape index (κ1) is 29.7. The molecule has 0 aliphatic carbocycles. The molecule has 0 spiro atoms. The number of nitrogen functional groups attached to an aromatic ring is 1. The van der Waals surface area contributed by atoms with Crippen LogP contribution in [0.25, 0.3) is 0 Å².